The van der Waals surface area contributed by atoms with Crippen LogP contribution in [-0.4, -0.2) is 24.8 Å². The van der Waals surface area contributed by atoms with Gasteiger partial charge in [0.1, 0.15) is 0 Å². The molecule has 27 heavy (non-hydrogen) atoms. The zero-order valence-electron chi connectivity index (χ0n) is 16.7. The largest absolute Gasteiger partial charge is 0.409 e. The van der Waals surface area contributed by atoms with Crippen molar-refractivity contribution in [2.24, 2.45) is 5.41 Å². The van der Waals surface area contributed by atoms with E-state index in [0.29, 0.717) is 13.5 Å². The van der Waals surface area contributed by atoms with Crippen molar-refractivity contribution < 1.29 is 4.43 Å². The average molecular weight is 540 g/mol. The maximum Gasteiger partial charge on any atom is 0.192 e. The monoisotopic (exact) mass is 539 g/mol. The molecule has 152 valence electrons. The Kier molecular flexibility index (Phi) is 7.29. The molecule has 1 N–H and O–H groups in total. The summed E-state index contributed by atoms with van der Waals surface area (Å²) in [6.45, 7) is 8.61. The number of rotatable bonds is 10. The third kappa shape index (κ3) is 5.05. The minimum atomic E-state index is -1.77. The molecule has 1 aromatic rings. The zero-order chi connectivity index (χ0) is 19.7. The summed E-state index contributed by atoms with van der Waals surface area (Å²) in [6.07, 6.45) is 5.53. The smallest absolute Gasteiger partial charge is 0.192 e. The van der Waals surface area contributed by atoms with E-state index in [1.165, 1.54) is 25.7 Å². The van der Waals surface area contributed by atoms with Crippen LogP contribution in [0.1, 0.15) is 58.1 Å². The fourth-order valence-electron chi connectivity index (χ4n) is 4.70. The molecule has 0 heterocycles. The Morgan fingerprint density at radius 2 is 1.67 bits per heavy atom. The molecule has 1 aromatic carbocycles. The zero-order valence-corrected chi connectivity index (χ0v) is 21.4. The van der Waals surface area contributed by atoms with Crippen molar-refractivity contribution >= 4 is 54.1 Å². The Hall–Kier alpha value is 0.667. The van der Waals surface area contributed by atoms with E-state index in [-0.39, 0.29) is 6.10 Å². The Labute approximate surface area is 189 Å². The van der Waals surface area contributed by atoms with Crippen LogP contribution >= 0.6 is 45.8 Å². The van der Waals surface area contributed by atoms with Crippen LogP contribution in [0.4, 0.5) is 0 Å². The van der Waals surface area contributed by atoms with Gasteiger partial charge < -0.3 is 9.74 Å². The van der Waals surface area contributed by atoms with E-state index in [2.05, 4.69) is 48.7 Å². The van der Waals surface area contributed by atoms with Gasteiger partial charge in [0.25, 0.3) is 0 Å². The lowest BCUT2D eigenvalue weighted by molar-refractivity contribution is 0.172. The van der Waals surface area contributed by atoms with Gasteiger partial charge in [0.15, 0.2) is 8.32 Å². The minimum Gasteiger partial charge on any atom is -0.409 e. The van der Waals surface area contributed by atoms with Gasteiger partial charge in [0, 0.05) is 32.1 Å². The molecule has 3 rings (SSSR count). The maximum absolute atomic E-state index is 6.86. The number of nitrogens with one attached hydrogen (secondary N) is 1. The van der Waals surface area contributed by atoms with Gasteiger partial charge in [-0.2, -0.15) is 0 Å². The summed E-state index contributed by atoms with van der Waals surface area (Å²) in [5.74, 6) is 0. The number of benzene rings is 1. The van der Waals surface area contributed by atoms with Crippen LogP contribution < -0.4 is 5.32 Å². The number of hydrogen-bond donors (Lipinski definition) is 1. The van der Waals surface area contributed by atoms with Crippen LogP contribution in [0, 0.1) is 5.41 Å². The molecule has 2 nitrogen and oxygen atoms in total. The quantitative estimate of drug-likeness (QED) is 0.190. The first-order valence-electron chi connectivity index (χ1n) is 10.3. The fourth-order valence-corrected chi connectivity index (χ4v) is 10.0. The second-order valence-electron chi connectivity index (χ2n) is 8.62. The molecule has 0 radical (unpaired) electrons. The van der Waals surface area contributed by atoms with Crippen LogP contribution in [0.3, 0.4) is 0 Å². The van der Waals surface area contributed by atoms with E-state index in [1.54, 1.807) is 0 Å². The van der Waals surface area contributed by atoms with Crippen molar-refractivity contribution in [3.63, 3.8) is 0 Å². The number of halogens is 3. The van der Waals surface area contributed by atoms with Crippen molar-refractivity contribution in [1.29, 1.82) is 0 Å². The summed E-state index contributed by atoms with van der Waals surface area (Å²) < 4.78 is 7.27. The van der Waals surface area contributed by atoms with E-state index < -0.39 is 8.32 Å². The van der Waals surface area contributed by atoms with E-state index in [1.807, 2.05) is 18.2 Å². The molecule has 2 fully saturated rings. The molecule has 0 saturated heterocycles. The molecule has 1 spiro atoms. The van der Waals surface area contributed by atoms with Gasteiger partial charge in [0.2, 0.25) is 0 Å². The minimum absolute atomic E-state index is 0.0762. The van der Waals surface area contributed by atoms with Gasteiger partial charge in [0.05, 0.1) is 6.10 Å². The highest BCUT2D eigenvalue weighted by molar-refractivity contribution is 14.1. The summed E-state index contributed by atoms with van der Waals surface area (Å²) in [7, 11) is -1.77. The van der Waals surface area contributed by atoms with Crippen LogP contribution in [-0.2, 0) is 4.43 Å². The summed E-state index contributed by atoms with van der Waals surface area (Å²) in [5, 5.41) is 5.14. The molecule has 0 aliphatic heterocycles. The van der Waals surface area contributed by atoms with Crippen LogP contribution in [0.15, 0.2) is 18.2 Å². The predicted octanol–water partition coefficient (Wildman–Crippen LogP) is 7.39. The van der Waals surface area contributed by atoms with Crippen molar-refractivity contribution in [3.8, 4) is 0 Å². The lowest BCUT2D eigenvalue weighted by Crippen LogP contribution is -2.48. The highest BCUT2D eigenvalue weighted by Crippen LogP contribution is 2.67. The molecule has 0 bridgehead atoms. The summed E-state index contributed by atoms with van der Waals surface area (Å²) in [6, 6.07) is 9.13. The van der Waals surface area contributed by atoms with Crippen LogP contribution in [0.5, 0.6) is 0 Å². The topological polar surface area (TPSA) is 21.3 Å². The highest BCUT2D eigenvalue weighted by atomic mass is 127. The first-order valence-corrected chi connectivity index (χ1v) is 14.7. The summed E-state index contributed by atoms with van der Waals surface area (Å²) in [4.78, 5) is 0. The molecule has 1 atom stereocenters. The standard InChI is InChI=1S/C21H32Cl2INOSi/c1-4-27(5-2,6-3)26-18(19-16(22)8-7-9-17(19)23)12-25-15-21(24)13-20(14-21)10-11-20/h7-9,18,25H,4-6,10-15H2,1-3H3. The molecule has 0 aromatic heterocycles. The molecule has 2 aliphatic rings. The van der Waals surface area contributed by atoms with Gasteiger partial charge in [-0.25, -0.2) is 0 Å². The van der Waals surface area contributed by atoms with Gasteiger partial charge in [-0.15, -0.1) is 0 Å². The van der Waals surface area contributed by atoms with E-state index in [4.69, 9.17) is 27.6 Å². The van der Waals surface area contributed by atoms with Crippen LogP contribution in [0.25, 0.3) is 0 Å². The Balaban J connectivity index is 1.71. The van der Waals surface area contributed by atoms with Gasteiger partial charge in [-0.3, -0.25) is 0 Å². The lowest BCUT2D eigenvalue weighted by atomic mass is 9.72. The Morgan fingerprint density at radius 3 is 2.15 bits per heavy atom. The molecule has 2 saturated carbocycles. The molecule has 1 unspecified atom stereocenters. The Morgan fingerprint density at radius 1 is 1.11 bits per heavy atom. The van der Waals surface area contributed by atoms with Crippen molar-refractivity contribution in [2.45, 2.75) is 74.1 Å². The SMILES string of the molecule is CC[Si](CC)(CC)OC(CNCC1(I)CC2(CC2)C1)c1c(Cl)cccc1Cl. The first-order chi connectivity index (χ1) is 12.8. The molecular weight excluding hydrogens is 508 g/mol. The number of hydrogen-bond acceptors (Lipinski definition) is 2. The first kappa shape index (κ1) is 22.4. The van der Waals surface area contributed by atoms with E-state index in [9.17, 15) is 0 Å². The van der Waals surface area contributed by atoms with Gasteiger partial charge in [-0.05, 0) is 61.4 Å². The third-order valence-electron chi connectivity index (χ3n) is 6.76. The lowest BCUT2D eigenvalue weighted by Gasteiger charge is -2.45. The predicted molar refractivity (Wildman–Crippen MR) is 128 cm³/mol. The van der Waals surface area contributed by atoms with Gasteiger partial charge >= 0.3 is 0 Å². The normalized spacial score (nSPS) is 21.1. The van der Waals surface area contributed by atoms with Gasteiger partial charge in [-0.1, -0.05) is 72.6 Å². The third-order valence-corrected chi connectivity index (χ3v) is 13.2. The fraction of sp³-hybridized carbons (Fsp3) is 0.714. The average Bonchev–Trinajstić information content (AvgIpc) is 3.38. The molecule has 2 aliphatic carbocycles. The second kappa shape index (κ2) is 8.81. The maximum atomic E-state index is 6.86. The van der Waals surface area contributed by atoms with E-state index >= 15 is 0 Å². The molecule has 0 amide bonds. The van der Waals surface area contributed by atoms with Crippen molar-refractivity contribution in [2.75, 3.05) is 13.1 Å². The highest BCUT2D eigenvalue weighted by Gasteiger charge is 2.59. The summed E-state index contributed by atoms with van der Waals surface area (Å²) >= 11 is 15.8. The Bertz CT molecular complexity index is 627. The molecular formula is C21H32Cl2INOSi. The van der Waals surface area contributed by atoms with E-state index in [0.717, 1.165) is 42.2 Å². The van der Waals surface area contributed by atoms with Crippen molar-refractivity contribution in [1.82, 2.24) is 5.32 Å². The van der Waals surface area contributed by atoms with Crippen LogP contribution in [0.2, 0.25) is 28.2 Å². The summed E-state index contributed by atoms with van der Waals surface area (Å²) in [5.41, 5.74) is 1.68. The van der Waals surface area contributed by atoms with Crippen molar-refractivity contribution in [3.05, 3.63) is 33.8 Å². The second-order valence-corrected chi connectivity index (χ2v) is 16.4. The molecule has 6 heteroatoms. The number of alkyl halides is 1.